The van der Waals surface area contributed by atoms with Gasteiger partial charge in [0.25, 0.3) is 0 Å². The van der Waals surface area contributed by atoms with Crippen LogP contribution in [0, 0.1) is 5.92 Å². The van der Waals surface area contributed by atoms with Crippen LogP contribution in [0.4, 0.5) is 4.79 Å². The smallest absolute Gasteiger partial charge is 0.326 e. The van der Waals surface area contributed by atoms with Crippen molar-refractivity contribution in [2.75, 3.05) is 13.2 Å². The number of carboxylic acids is 1. The number of carbonyl (C=O) groups excluding carboxylic acids is 1. The Bertz CT molecular complexity index is 288. The van der Waals surface area contributed by atoms with Crippen LogP contribution in [0.5, 0.6) is 0 Å². The van der Waals surface area contributed by atoms with Crippen LogP contribution in [0.25, 0.3) is 0 Å². The van der Waals surface area contributed by atoms with Crippen LogP contribution in [-0.4, -0.2) is 42.4 Å². The number of rotatable bonds is 6. The van der Waals surface area contributed by atoms with Crippen LogP contribution in [0.2, 0.25) is 0 Å². The number of ether oxygens (including phenoxy) is 1. The largest absolute Gasteiger partial charge is 0.480 e. The van der Waals surface area contributed by atoms with Gasteiger partial charge in [-0.1, -0.05) is 13.8 Å². The standard InChI is InChI=1S/C12H22N2O4/c1-8(2)6-10(11(15)16)14-12(17)13-7-9-4-3-5-18-9/h8-10H,3-7H2,1-2H3,(H,15,16)(H2,13,14,17). The summed E-state index contributed by atoms with van der Waals surface area (Å²) in [5.41, 5.74) is 0. The molecule has 0 saturated carbocycles. The van der Waals surface area contributed by atoms with E-state index in [2.05, 4.69) is 10.6 Å². The molecule has 2 unspecified atom stereocenters. The number of nitrogens with one attached hydrogen (secondary N) is 2. The SMILES string of the molecule is CC(C)CC(NC(=O)NCC1CCCO1)C(=O)O. The maximum absolute atomic E-state index is 11.6. The molecule has 0 aromatic heterocycles. The highest BCUT2D eigenvalue weighted by molar-refractivity contribution is 5.82. The number of urea groups is 1. The van der Waals surface area contributed by atoms with Crippen LogP contribution in [0.3, 0.4) is 0 Å². The number of hydrogen-bond donors (Lipinski definition) is 3. The van der Waals surface area contributed by atoms with Gasteiger partial charge in [-0.3, -0.25) is 0 Å². The van der Waals surface area contributed by atoms with Gasteiger partial charge in [-0.25, -0.2) is 9.59 Å². The van der Waals surface area contributed by atoms with Crippen molar-refractivity contribution in [2.45, 2.75) is 45.3 Å². The molecule has 0 aromatic carbocycles. The van der Waals surface area contributed by atoms with Crippen molar-refractivity contribution < 1.29 is 19.4 Å². The van der Waals surface area contributed by atoms with E-state index in [1.165, 1.54) is 0 Å². The summed E-state index contributed by atoms with van der Waals surface area (Å²) in [6.07, 6.45) is 2.43. The Morgan fingerprint density at radius 3 is 2.67 bits per heavy atom. The van der Waals surface area contributed by atoms with Gasteiger partial charge in [0, 0.05) is 13.2 Å². The Kier molecular flexibility index (Phi) is 5.91. The zero-order valence-corrected chi connectivity index (χ0v) is 10.9. The van der Waals surface area contributed by atoms with Gasteiger partial charge in [-0.2, -0.15) is 0 Å². The molecule has 0 aromatic rings. The van der Waals surface area contributed by atoms with Gasteiger partial charge in [-0.15, -0.1) is 0 Å². The van der Waals surface area contributed by atoms with Crippen molar-refractivity contribution in [1.29, 1.82) is 0 Å². The zero-order valence-electron chi connectivity index (χ0n) is 10.9. The Balaban J connectivity index is 2.29. The van der Waals surface area contributed by atoms with E-state index >= 15 is 0 Å². The lowest BCUT2D eigenvalue weighted by atomic mass is 10.0. The van der Waals surface area contributed by atoms with E-state index < -0.39 is 18.0 Å². The Morgan fingerprint density at radius 1 is 1.44 bits per heavy atom. The predicted molar refractivity (Wildman–Crippen MR) is 66.4 cm³/mol. The summed E-state index contributed by atoms with van der Waals surface area (Å²) < 4.78 is 5.36. The van der Waals surface area contributed by atoms with E-state index in [0.717, 1.165) is 19.4 Å². The molecule has 0 spiro atoms. The van der Waals surface area contributed by atoms with Crippen molar-refractivity contribution in [1.82, 2.24) is 10.6 Å². The van der Waals surface area contributed by atoms with E-state index in [-0.39, 0.29) is 12.0 Å². The van der Waals surface area contributed by atoms with E-state index in [9.17, 15) is 9.59 Å². The third kappa shape index (κ3) is 5.35. The first kappa shape index (κ1) is 14.8. The molecule has 1 aliphatic heterocycles. The average Bonchev–Trinajstić information content (AvgIpc) is 2.77. The molecule has 0 aliphatic carbocycles. The van der Waals surface area contributed by atoms with Gasteiger partial charge in [0.1, 0.15) is 6.04 Å². The van der Waals surface area contributed by atoms with E-state index in [1.807, 2.05) is 13.8 Å². The minimum Gasteiger partial charge on any atom is -0.480 e. The molecule has 6 nitrogen and oxygen atoms in total. The molecule has 1 heterocycles. The third-order valence-electron chi connectivity index (χ3n) is 2.82. The highest BCUT2D eigenvalue weighted by Crippen LogP contribution is 2.10. The summed E-state index contributed by atoms with van der Waals surface area (Å²) in [6.45, 7) is 5.00. The first-order valence-electron chi connectivity index (χ1n) is 6.37. The molecule has 1 saturated heterocycles. The third-order valence-corrected chi connectivity index (χ3v) is 2.82. The minimum atomic E-state index is -1.00. The normalized spacial score (nSPS) is 20.7. The Hall–Kier alpha value is -1.30. The summed E-state index contributed by atoms with van der Waals surface area (Å²) in [6, 6.07) is -1.28. The summed E-state index contributed by atoms with van der Waals surface area (Å²) in [5, 5.41) is 14.1. The summed E-state index contributed by atoms with van der Waals surface area (Å²) in [4.78, 5) is 22.5. The zero-order chi connectivity index (χ0) is 13.5. The molecule has 104 valence electrons. The number of amides is 2. The lowest BCUT2D eigenvalue weighted by Crippen LogP contribution is -2.48. The van der Waals surface area contributed by atoms with Crippen molar-refractivity contribution in [2.24, 2.45) is 5.92 Å². The van der Waals surface area contributed by atoms with Gasteiger partial charge in [0.05, 0.1) is 6.10 Å². The van der Waals surface area contributed by atoms with Crippen molar-refractivity contribution >= 4 is 12.0 Å². The highest BCUT2D eigenvalue weighted by Gasteiger charge is 2.22. The molecule has 0 bridgehead atoms. The molecule has 6 heteroatoms. The number of carboxylic acid groups (broad SMARTS) is 1. The first-order valence-corrected chi connectivity index (χ1v) is 6.37. The topological polar surface area (TPSA) is 87.7 Å². The second-order valence-corrected chi connectivity index (χ2v) is 5.01. The second-order valence-electron chi connectivity index (χ2n) is 5.01. The maximum Gasteiger partial charge on any atom is 0.326 e. The molecule has 18 heavy (non-hydrogen) atoms. The molecule has 0 radical (unpaired) electrons. The predicted octanol–water partition coefficient (Wildman–Crippen LogP) is 0.964. The van der Waals surface area contributed by atoms with Gasteiger partial charge in [-0.05, 0) is 25.2 Å². The molecule has 1 fully saturated rings. The van der Waals surface area contributed by atoms with E-state index in [4.69, 9.17) is 9.84 Å². The number of hydrogen-bond acceptors (Lipinski definition) is 3. The second kappa shape index (κ2) is 7.20. The van der Waals surface area contributed by atoms with Gasteiger partial charge in [0.2, 0.25) is 0 Å². The summed E-state index contributed by atoms with van der Waals surface area (Å²) in [7, 11) is 0. The molecule has 2 amide bonds. The summed E-state index contributed by atoms with van der Waals surface area (Å²) in [5.74, 6) is -0.791. The highest BCUT2D eigenvalue weighted by atomic mass is 16.5. The molecule has 1 aliphatic rings. The van der Waals surface area contributed by atoms with Gasteiger partial charge in [0.15, 0.2) is 0 Å². The van der Waals surface area contributed by atoms with Gasteiger partial charge < -0.3 is 20.5 Å². The van der Waals surface area contributed by atoms with Crippen LogP contribution >= 0.6 is 0 Å². The van der Waals surface area contributed by atoms with E-state index in [0.29, 0.717) is 13.0 Å². The summed E-state index contributed by atoms with van der Waals surface area (Å²) >= 11 is 0. The van der Waals surface area contributed by atoms with E-state index in [1.54, 1.807) is 0 Å². The lowest BCUT2D eigenvalue weighted by Gasteiger charge is -2.18. The molecule has 2 atom stereocenters. The van der Waals surface area contributed by atoms with Gasteiger partial charge >= 0.3 is 12.0 Å². The maximum atomic E-state index is 11.6. The van der Waals surface area contributed by atoms with Crippen molar-refractivity contribution in [3.05, 3.63) is 0 Å². The molecular weight excluding hydrogens is 236 g/mol. The quantitative estimate of drug-likeness (QED) is 0.662. The molecule has 3 N–H and O–H groups in total. The Labute approximate surface area is 107 Å². The van der Waals surface area contributed by atoms with Crippen LogP contribution in [0.15, 0.2) is 0 Å². The molecular formula is C12H22N2O4. The first-order chi connectivity index (χ1) is 8.49. The van der Waals surface area contributed by atoms with Crippen LogP contribution < -0.4 is 10.6 Å². The number of carbonyl (C=O) groups is 2. The fraction of sp³-hybridized carbons (Fsp3) is 0.833. The van der Waals surface area contributed by atoms with Crippen LogP contribution in [-0.2, 0) is 9.53 Å². The minimum absolute atomic E-state index is 0.0594. The van der Waals surface area contributed by atoms with Crippen molar-refractivity contribution in [3.63, 3.8) is 0 Å². The fourth-order valence-electron chi connectivity index (χ4n) is 1.91. The van der Waals surface area contributed by atoms with Crippen LogP contribution in [0.1, 0.15) is 33.1 Å². The average molecular weight is 258 g/mol. The lowest BCUT2D eigenvalue weighted by molar-refractivity contribution is -0.139. The number of aliphatic carboxylic acids is 1. The van der Waals surface area contributed by atoms with Crippen molar-refractivity contribution in [3.8, 4) is 0 Å². The monoisotopic (exact) mass is 258 g/mol. The molecule has 1 rings (SSSR count). The fourth-order valence-corrected chi connectivity index (χ4v) is 1.91. The Morgan fingerprint density at radius 2 is 2.17 bits per heavy atom.